The van der Waals surface area contributed by atoms with Crippen molar-refractivity contribution in [1.29, 1.82) is 0 Å². The van der Waals surface area contributed by atoms with Crippen molar-refractivity contribution in [3.05, 3.63) is 77.6 Å². The van der Waals surface area contributed by atoms with Crippen LogP contribution in [0.25, 0.3) is 27.7 Å². The molecule has 0 aliphatic rings. The number of alkyl halides is 3. The highest BCUT2D eigenvalue weighted by molar-refractivity contribution is 5.83. The highest BCUT2D eigenvalue weighted by Gasteiger charge is 2.32. The molecule has 0 spiro atoms. The van der Waals surface area contributed by atoms with Gasteiger partial charge in [0.15, 0.2) is 5.75 Å². The maximum absolute atomic E-state index is 13.0. The first-order chi connectivity index (χ1) is 14.4. The normalized spacial score (nSPS) is 11.5. The second-order valence-electron chi connectivity index (χ2n) is 6.37. The number of fused-ring (bicyclic) bond motifs is 1. The van der Waals surface area contributed by atoms with E-state index in [0.29, 0.717) is 16.6 Å². The Balaban J connectivity index is 1.76. The molecule has 4 aromatic rings. The first kappa shape index (κ1) is 19.4. The second kappa shape index (κ2) is 7.51. The van der Waals surface area contributed by atoms with Gasteiger partial charge < -0.3 is 10.1 Å². The van der Waals surface area contributed by atoms with Crippen molar-refractivity contribution in [2.24, 2.45) is 0 Å². The molecule has 0 radical (unpaired) electrons. The monoisotopic (exact) mass is 412 g/mol. The Kier molecular flexibility index (Phi) is 4.86. The fourth-order valence-corrected chi connectivity index (χ4v) is 3.10. The van der Waals surface area contributed by atoms with Gasteiger partial charge in [-0.25, -0.2) is 4.98 Å². The van der Waals surface area contributed by atoms with E-state index in [-0.39, 0.29) is 11.2 Å². The first-order valence-electron chi connectivity index (χ1n) is 8.85. The van der Waals surface area contributed by atoms with Crippen LogP contribution in [0.2, 0.25) is 0 Å². The highest BCUT2D eigenvalue weighted by atomic mass is 19.4. The predicted molar refractivity (Wildman–Crippen MR) is 107 cm³/mol. The Labute approximate surface area is 168 Å². The molecule has 152 valence electrons. The summed E-state index contributed by atoms with van der Waals surface area (Å²) in [6, 6.07) is 12.9. The number of aromatic nitrogens is 3. The summed E-state index contributed by atoms with van der Waals surface area (Å²) in [5.41, 5.74) is 2.36. The lowest BCUT2D eigenvalue weighted by atomic mass is 10.1. The minimum atomic E-state index is -4.82. The van der Waals surface area contributed by atoms with Gasteiger partial charge in [-0.3, -0.25) is 14.3 Å². The van der Waals surface area contributed by atoms with Gasteiger partial charge in [0, 0.05) is 25.0 Å². The predicted octanol–water partition coefficient (Wildman–Crippen LogP) is 4.39. The quantitative estimate of drug-likeness (QED) is 0.539. The van der Waals surface area contributed by atoms with Crippen LogP contribution in [0.4, 0.5) is 18.9 Å². The molecule has 2 heterocycles. The van der Waals surface area contributed by atoms with E-state index in [9.17, 15) is 18.0 Å². The van der Waals surface area contributed by atoms with Crippen LogP contribution in [0.15, 0.2) is 72.0 Å². The van der Waals surface area contributed by atoms with Crippen LogP contribution in [-0.2, 0) is 0 Å². The van der Waals surface area contributed by atoms with Crippen molar-refractivity contribution in [1.82, 2.24) is 14.5 Å². The summed E-state index contributed by atoms with van der Waals surface area (Å²) in [6.07, 6.45) is -0.0880. The number of halogens is 3. The van der Waals surface area contributed by atoms with Gasteiger partial charge in [0.2, 0.25) is 0 Å². The minimum Gasteiger partial charge on any atom is -0.404 e. The summed E-state index contributed by atoms with van der Waals surface area (Å²) in [6.45, 7) is 0. The Morgan fingerprint density at radius 2 is 1.90 bits per heavy atom. The van der Waals surface area contributed by atoms with Crippen molar-refractivity contribution >= 4 is 16.6 Å². The average Bonchev–Trinajstić information content (AvgIpc) is 2.74. The van der Waals surface area contributed by atoms with Gasteiger partial charge in [-0.2, -0.15) is 0 Å². The molecule has 6 nitrogen and oxygen atoms in total. The van der Waals surface area contributed by atoms with E-state index in [1.807, 2.05) is 12.1 Å². The number of anilines is 1. The lowest BCUT2D eigenvalue weighted by molar-refractivity contribution is -0.274. The van der Waals surface area contributed by atoms with Gasteiger partial charge in [-0.1, -0.05) is 12.1 Å². The molecule has 0 aliphatic carbocycles. The molecule has 0 fully saturated rings. The molecule has 0 bridgehead atoms. The molecular weight excluding hydrogens is 397 g/mol. The summed E-state index contributed by atoms with van der Waals surface area (Å²) in [5.74, 6) is -0.392. The fraction of sp³-hybridized carbons (Fsp3) is 0.0952. The lowest BCUT2D eigenvalue weighted by Crippen LogP contribution is -2.20. The van der Waals surface area contributed by atoms with Gasteiger partial charge >= 0.3 is 6.36 Å². The summed E-state index contributed by atoms with van der Waals surface area (Å²) in [5, 5.41) is 3.03. The summed E-state index contributed by atoms with van der Waals surface area (Å²) in [4.78, 5) is 21.4. The van der Waals surface area contributed by atoms with Crippen LogP contribution < -0.4 is 15.6 Å². The SMILES string of the molecule is CNc1cc(-n2cnc3cc(-c4cccnc4)ccc3c2=O)ccc1OC(F)(F)F. The number of nitrogens with one attached hydrogen (secondary N) is 1. The van der Waals surface area contributed by atoms with E-state index < -0.39 is 12.1 Å². The molecule has 2 aromatic heterocycles. The summed E-state index contributed by atoms with van der Waals surface area (Å²) < 4.78 is 42.9. The molecule has 30 heavy (non-hydrogen) atoms. The Morgan fingerprint density at radius 3 is 2.60 bits per heavy atom. The third-order valence-electron chi connectivity index (χ3n) is 4.49. The molecule has 0 unspecified atom stereocenters. The smallest absolute Gasteiger partial charge is 0.404 e. The van der Waals surface area contributed by atoms with Gasteiger partial charge in [0.1, 0.15) is 6.33 Å². The zero-order chi connectivity index (χ0) is 21.3. The number of rotatable bonds is 4. The Bertz CT molecular complexity index is 1270. The van der Waals surface area contributed by atoms with Crippen molar-refractivity contribution < 1.29 is 17.9 Å². The molecule has 0 saturated heterocycles. The van der Waals surface area contributed by atoms with E-state index in [0.717, 1.165) is 17.2 Å². The van der Waals surface area contributed by atoms with Gasteiger partial charge in [0.25, 0.3) is 5.56 Å². The molecule has 0 atom stereocenters. The number of hydrogen-bond acceptors (Lipinski definition) is 5. The molecule has 2 aromatic carbocycles. The minimum absolute atomic E-state index is 0.0868. The lowest BCUT2D eigenvalue weighted by Gasteiger charge is -2.15. The van der Waals surface area contributed by atoms with Crippen LogP contribution in [-0.4, -0.2) is 27.9 Å². The van der Waals surface area contributed by atoms with Gasteiger partial charge in [-0.15, -0.1) is 13.2 Å². The number of nitrogens with zero attached hydrogens (tertiary/aromatic N) is 3. The third-order valence-corrected chi connectivity index (χ3v) is 4.49. The summed E-state index contributed by atoms with van der Waals surface area (Å²) >= 11 is 0. The molecular formula is C21H15F3N4O2. The van der Waals surface area contributed by atoms with Crippen molar-refractivity contribution in [2.75, 3.05) is 12.4 Å². The molecule has 0 amide bonds. The van der Waals surface area contributed by atoms with Crippen molar-refractivity contribution in [3.63, 3.8) is 0 Å². The molecule has 0 aliphatic heterocycles. The largest absolute Gasteiger partial charge is 0.573 e. The van der Waals surface area contributed by atoms with E-state index in [1.165, 1.54) is 30.1 Å². The van der Waals surface area contributed by atoms with Crippen LogP contribution in [0.3, 0.4) is 0 Å². The number of benzene rings is 2. The van der Waals surface area contributed by atoms with Gasteiger partial charge in [0.05, 0.1) is 22.3 Å². The van der Waals surface area contributed by atoms with E-state index in [4.69, 9.17) is 0 Å². The molecule has 4 rings (SSSR count). The maximum atomic E-state index is 13.0. The Morgan fingerprint density at radius 1 is 1.07 bits per heavy atom. The van der Waals surface area contributed by atoms with E-state index in [1.54, 1.807) is 30.6 Å². The van der Waals surface area contributed by atoms with Crippen LogP contribution in [0.5, 0.6) is 5.75 Å². The molecule has 1 N–H and O–H groups in total. The fourth-order valence-electron chi connectivity index (χ4n) is 3.10. The molecule has 0 saturated carbocycles. The highest BCUT2D eigenvalue weighted by Crippen LogP contribution is 2.31. The molecule has 9 heteroatoms. The topological polar surface area (TPSA) is 69.0 Å². The number of hydrogen-bond donors (Lipinski definition) is 1. The second-order valence-corrected chi connectivity index (χ2v) is 6.37. The number of pyridine rings is 1. The van der Waals surface area contributed by atoms with Crippen molar-refractivity contribution in [3.8, 4) is 22.6 Å². The first-order valence-corrected chi connectivity index (χ1v) is 8.85. The van der Waals surface area contributed by atoms with E-state index in [2.05, 4.69) is 20.0 Å². The van der Waals surface area contributed by atoms with Gasteiger partial charge in [-0.05, 0) is 42.0 Å². The Hall–Kier alpha value is -3.88. The summed E-state index contributed by atoms with van der Waals surface area (Å²) in [7, 11) is 1.46. The zero-order valence-corrected chi connectivity index (χ0v) is 15.6. The average molecular weight is 412 g/mol. The standard InChI is InChI=1S/C21H15F3N4O2/c1-25-18-10-15(5-7-19(18)30-21(22,23)24)28-12-27-17-9-13(4-6-16(17)20(28)29)14-3-2-8-26-11-14/h2-12,25H,1H3. The van der Waals surface area contributed by atoms with E-state index >= 15 is 0 Å². The maximum Gasteiger partial charge on any atom is 0.573 e. The van der Waals surface area contributed by atoms with Crippen LogP contribution in [0.1, 0.15) is 0 Å². The van der Waals surface area contributed by atoms with Crippen molar-refractivity contribution in [2.45, 2.75) is 6.36 Å². The third kappa shape index (κ3) is 3.82. The number of ether oxygens (including phenoxy) is 1. The van der Waals surface area contributed by atoms with Crippen LogP contribution >= 0.6 is 0 Å². The zero-order valence-electron chi connectivity index (χ0n) is 15.6. The van der Waals surface area contributed by atoms with Crippen LogP contribution in [0, 0.1) is 0 Å².